The molecule has 11 rings (SSSR count). The van der Waals surface area contributed by atoms with Crippen molar-refractivity contribution in [3.8, 4) is 22.5 Å². The number of para-hydroxylation sites is 4. The summed E-state index contributed by atoms with van der Waals surface area (Å²) in [6.07, 6.45) is 0. The number of aromatic nitrogens is 2. The van der Waals surface area contributed by atoms with E-state index in [4.69, 9.17) is 0 Å². The van der Waals surface area contributed by atoms with Crippen LogP contribution in [0.1, 0.15) is 0 Å². The predicted molar refractivity (Wildman–Crippen MR) is 221 cm³/mol. The van der Waals surface area contributed by atoms with Gasteiger partial charge in [0, 0.05) is 49.9 Å². The van der Waals surface area contributed by atoms with Gasteiger partial charge >= 0.3 is 6.85 Å². The predicted octanol–water partition coefficient (Wildman–Crippen LogP) is 10.8. The molecule has 0 bridgehead atoms. The number of hydrogen-bond acceptors (Lipinski definition) is 1. The van der Waals surface area contributed by atoms with Gasteiger partial charge in [-0.05, 0) is 71.7 Å². The van der Waals surface area contributed by atoms with Gasteiger partial charge in [-0.1, -0.05) is 139 Å². The molecule has 0 saturated heterocycles. The van der Waals surface area contributed by atoms with Gasteiger partial charge in [-0.25, -0.2) is 0 Å². The minimum Gasteiger partial charge on any atom is -0.376 e. The number of fused-ring (bicyclic) bond motifs is 9. The van der Waals surface area contributed by atoms with E-state index in [1.807, 2.05) is 0 Å². The molecule has 0 unspecified atom stereocenters. The van der Waals surface area contributed by atoms with Gasteiger partial charge in [0.1, 0.15) is 0 Å². The van der Waals surface area contributed by atoms with Gasteiger partial charge in [0.2, 0.25) is 0 Å². The first-order chi connectivity index (χ1) is 25.8. The van der Waals surface area contributed by atoms with E-state index >= 15 is 0 Å². The normalized spacial score (nSPS) is 12.5. The third-order valence-electron chi connectivity index (χ3n) is 10.9. The lowest BCUT2D eigenvalue weighted by Gasteiger charge is -2.39. The molecular formula is C48H32BN3. The Morgan fingerprint density at radius 2 is 0.846 bits per heavy atom. The Hall–Kier alpha value is -6.78. The Morgan fingerprint density at radius 1 is 0.327 bits per heavy atom. The minimum atomic E-state index is 0.0227. The highest BCUT2D eigenvalue weighted by Crippen LogP contribution is 2.41. The van der Waals surface area contributed by atoms with E-state index < -0.39 is 0 Å². The minimum absolute atomic E-state index is 0.0227. The standard InChI is InChI=1S/C48H32BN3/c1-2-15-33(16-3-1)49-43-24-9-4-19-37(43)38-20-8-13-28-48(38)52(49)36-18-14-17-34(31-36)50-46-27-12-7-23-41(46)42-32-35(29-30-47(42)50)51-44-25-10-5-21-39(44)40-22-6-11-26-45(40)51/h1-32H. The van der Waals surface area contributed by atoms with Crippen molar-refractivity contribution >= 4 is 72.8 Å². The molecule has 2 aromatic heterocycles. The van der Waals surface area contributed by atoms with E-state index in [-0.39, 0.29) is 6.85 Å². The van der Waals surface area contributed by atoms with E-state index in [0.29, 0.717) is 0 Å². The van der Waals surface area contributed by atoms with Crippen LogP contribution in [0.25, 0.3) is 66.1 Å². The zero-order valence-electron chi connectivity index (χ0n) is 28.4. The summed E-state index contributed by atoms with van der Waals surface area (Å²) < 4.78 is 4.84. The average molecular weight is 662 g/mol. The molecule has 0 spiro atoms. The lowest BCUT2D eigenvalue weighted by molar-refractivity contribution is 1.16. The highest BCUT2D eigenvalue weighted by atomic mass is 15.1. The summed E-state index contributed by atoms with van der Waals surface area (Å²) in [5, 5.41) is 5.02. The molecule has 0 saturated carbocycles. The molecule has 52 heavy (non-hydrogen) atoms. The number of benzene rings is 8. The van der Waals surface area contributed by atoms with Gasteiger partial charge < -0.3 is 13.9 Å². The highest BCUT2D eigenvalue weighted by molar-refractivity contribution is 6.90. The summed E-state index contributed by atoms with van der Waals surface area (Å²) in [5.74, 6) is 0. The van der Waals surface area contributed by atoms with Crippen molar-refractivity contribution in [3.63, 3.8) is 0 Å². The van der Waals surface area contributed by atoms with Crippen LogP contribution in [0.4, 0.5) is 11.4 Å². The van der Waals surface area contributed by atoms with Crippen molar-refractivity contribution in [2.75, 3.05) is 4.81 Å². The quantitative estimate of drug-likeness (QED) is 0.171. The second-order valence-corrected chi connectivity index (χ2v) is 13.7. The maximum absolute atomic E-state index is 2.53. The Balaban J connectivity index is 1.12. The second kappa shape index (κ2) is 11.4. The fourth-order valence-corrected chi connectivity index (χ4v) is 8.78. The molecule has 10 aromatic rings. The lowest BCUT2D eigenvalue weighted by atomic mass is 9.46. The van der Waals surface area contributed by atoms with Crippen LogP contribution in [0.15, 0.2) is 194 Å². The van der Waals surface area contributed by atoms with E-state index in [2.05, 4.69) is 208 Å². The Kier molecular flexibility index (Phi) is 6.35. The average Bonchev–Trinajstić information content (AvgIpc) is 3.73. The van der Waals surface area contributed by atoms with Gasteiger partial charge in [0.25, 0.3) is 0 Å². The van der Waals surface area contributed by atoms with E-state index in [0.717, 1.165) is 17.1 Å². The molecule has 1 aliphatic heterocycles. The monoisotopic (exact) mass is 661 g/mol. The van der Waals surface area contributed by atoms with Crippen molar-refractivity contribution in [2.24, 2.45) is 0 Å². The van der Waals surface area contributed by atoms with Crippen LogP contribution in [0.5, 0.6) is 0 Å². The van der Waals surface area contributed by atoms with Crippen molar-refractivity contribution in [1.29, 1.82) is 0 Å². The van der Waals surface area contributed by atoms with Crippen molar-refractivity contribution in [1.82, 2.24) is 9.13 Å². The third kappa shape index (κ3) is 4.21. The number of anilines is 2. The molecule has 8 aromatic carbocycles. The van der Waals surface area contributed by atoms with Crippen LogP contribution in [-0.4, -0.2) is 16.0 Å². The molecule has 0 radical (unpaired) electrons. The Labute approximate surface area is 302 Å². The third-order valence-corrected chi connectivity index (χ3v) is 10.9. The molecule has 0 aliphatic carbocycles. The summed E-state index contributed by atoms with van der Waals surface area (Å²) in [7, 11) is 0. The zero-order valence-corrected chi connectivity index (χ0v) is 28.4. The molecule has 4 heteroatoms. The van der Waals surface area contributed by atoms with Gasteiger partial charge in [-0.2, -0.15) is 0 Å². The first kappa shape index (κ1) is 29.0. The Morgan fingerprint density at radius 3 is 1.56 bits per heavy atom. The van der Waals surface area contributed by atoms with Crippen molar-refractivity contribution < 1.29 is 0 Å². The lowest BCUT2D eigenvalue weighted by Crippen LogP contribution is -2.57. The van der Waals surface area contributed by atoms with E-state index in [1.54, 1.807) is 0 Å². The zero-order chi connectivity index (χ0) is 34.2. The van der Waals surface area contributed by atoms with E-state index in [1.165, 1.54) is 71.4 Å². The smallest absolute Gasteiger partial charge is 0.328 e. The fourth-order valence-electron chi connectivity index (χ4n) is 8.78. The van der Waals surface area contributed by atoms with Crippen molar-refractivity contribution in [3.05, 3.63) is 194 Å². The maximum atomic E-state index is 2.53. The molecule has 0 atom stereocenters. The topological polar surface area (TPSA) is 13.1 Å². The summed E-state index contributed by atoms with van der Waals surface area (Å²) in [5.41, 5.74) is 14.6. The summed E-state index contributed by atoms with van der Waals surface area (Å²) in [6.45, 7) is 0.0227. The van der Waals surface area contributed by atoms with Crippen LogP contribution >= 0.6 is 0 Å². The first-order valence-electron chi connectivity index (χ1n) is 18.0. The Bertz CT molecular complexity index is 2940. The molecule has 0 fully saturated rings. The van der Waals surface area contributed by atoms with Crippen LogP contribution in [0.3, 0.4) is 0 Å². The molecular weight excluding hydrogens is 629 g/mol. The molecule has 242 valence electrons. The molecule has 3 heterocycles. The van der Waals surface area contributed by atoms with Gasteiger partial charge in [0.05, 0.1) is 22.1 Å². The maximum Gasteiger partial charge on any atom is 0.328 e. The van der Waals surface area contributed by atoms with Crippen LogP contribution < -0.4 is 15.7 Å². The number of rotatable bonds is 4. The first-order valence-corrected chi connectivity index (χ1v) is 18.0. The van der Waals surface area contributed by atoms with Crippen LogP contribution in [-0.2, 0) is 0 Å². The second-order valence-electron chi connectivity index (χ2n) is 13.7. The fraction of sp³-hybridized carbons (Fsp3) is 0. The molecule has 3 nitrogen and oxygen atoms in total. The highest BCUT2D eigenvalue weighted by Gasteiger charge is 2.36. The largest absolute Gasteiger partial charge is 0.376 e. The number of nitrogens with zero attached hydrogens (tertiary/aromatic N) is 3. The van der Waals surface area contributed by atoms with Crippen LogP contribution in [0.2, 0.25) is 0 Å². The molecule has 0 N–H and O–H groups in total. The van der Waals surface area contributed by atoms with Crippen LogP contribution in [0, 0.1) is 0 Å². The number of hydrogen-bond donors (Lipinski definition) is 0. The summed E-state index contributed by atoms with van der Waals surface area (Å²) in [4.78, 5) is 2.53. The van der Waals surface area contributed by atoms with Gasteiger partial charge in [-0.15, -0.1) is 0 Å². The summed E-state index contributed by atoms with van der Waals surface area (Å²) >= 11 is 0. The van der Waals surface area contributed by atoms with E-state index in [9.17, 15) is 0 Å². The molecule has 1 aliphatic rings. The summed E-state index contributed by atoms with van der Waals surface area (Å²) in [6, 6.07) is 71.0. The van der Waals surface area contributed by atoms with Gasteiger partial charge in [0.15, 0.2) is 0 Å². The molecule has 0 amide bonds. The SMILES string of the molecule is c1ccc(B2c3ccccc3-c3ccccc3N2c2cccc(-n3c4ccccc4c4cc(-n5c6ccccc6c6ccccc65)ccc43)c2)cc1. The van der Waals surface area contributed by atoms with Gasteiger partial charge in [-0.3, -0.25) is 0 Å². The van der Waals surface area contributed by atoms with Crippen molar-refractivity contribution in [2.45, 2.75) is 0 Å².